The average molecular weight is 465 g/mol. The minimum Gasteiger partial charge on any atom is -0.497 e. The van der Waals surface area contributed by atoms with Gasteiger partial charge in [0.25, 0.3) is 0 Å². The molecule has 0 amide bonds. The fraction of sp³-hybridized carbons (Fsp3) is 0.611. The van der Waals surface area contributed by atoms with Gasteiger partial charge in [0.05, 0.1) is 13.7 Å². The van der Waals surface area contributed by atoms with Crippen LogP contribution in [-0.2, 0) is 16.1 Å². The van der Waals surface area contributed by atoms with Crippen molar-refractivity contribution in [2.24, 2.45) is 4.99 Å². The summed E-state index contributed by atoms with van der Waals surface area (Å²) in [6.45, 7) is 6.57. The zero-order valence-corrected chi connectivity index (χ0v) is 17.9. The summed E-state index contributed by atoms with van der Waals surface area (Å²) in [6.07, 6.45) is 1.86. The number of nitrogens with one attached hydrogen (secondary N) is 2. The monoisotopic (exact) mass is 465 g/mol. The third-order valence-corrected chi connectivity index (χ3v) is 3.31. The molecule has 1 aromatic rings. The fourth-order valence-corrected chi connectivity index (χ4v) is 2.03. The highest BCUT2D eigenvalue weighted by atomic mass is 127. The Morgan fingerprint density at radius 2 is 1.80 bits per heavy atom. The standard InChI is InChI=1S/C18H31N3O3.HI/c1-4-19-18(20-11-5-13-22-2)21-12-6-14-24-15-16-7-9-17(23-3)10-8-16;/h7-10H,4-6,11-15H2,1-3H3,(H2,19,20,21);1H. The Hall–Kier alpha value is -1.06. The first kappa shape index (κ1) is 23.9. The number of halogens is 1. The predicted octanol–water partition coefficient (Wildman–Crippen LogP) is 2.81. The van der Waals surface area contributed by atoms with Gasteiger partial charge in [0.2, 0.25) is 0 Å². The van der Waals surface area contributed by atoms with E-state index in [0.29, 0.717) is 13.2 Å². The van der Waals surface area contributed by atoms with Crippen LogP contribution in [0.15, 0.2) is 29.3 Å². The van der Waals surface area contributed by atoms with Crippen LogP contribution < -0.4 is 15.4 Å². The highest BCUT2D eigenvalue weighted by molar-refractivity contribution is 14.0. The number of hydrogen-bond donors (Lipinski definition) is 2. The Bertz CT molecular complexity index is 455. The zero-order chi connectivity index (χ0) is 17.5. The second kappa shape index (κ2) is 16.4. The van der Waals surface area contributed by atoms with Crippen LogP contribution >= 0.6 is 24.0 Å². The molecule has 6 nitrogen and oxygen atoms in total. The first-order valence-electron chi connectivity index (χ1n) is 8.52. The number of methoxy groups -OCH3 is 2. The van der Waals surface area contributed by atoms with Gasteiger partial charge in [-0.15, -0.1) is 24.0 Å². The molecule has 0 radical (unpaired) electrons. The van der Waals surface area contributed by atoms with E-state index in [1.165, 1.54) is 0 Å². The second-order valence-corrected chi connectivity index (χ2v) is 5.29. The molecule has 2 N–H and O–H groups in total. The van der Waals surface area contributed by atoms with Crippen LogP contribution in [0.3, 0.4) is 0 Å². The summed E-state index contributed by atoms with van der Waals surface area (Å²) in [5.74, 6) is 1.72. The second-order valence-electron chi connectivity index (χ2n) is 5.29. The maximum absolute atomic E-state index is 5.69. The first-order chi connectivity index (χ1) is 11.8. The van der Waals surface area contributed by atoms with Crippen molar-refractivity contribution < 1.29 is 14.2 Å². The molecule has 0 fully saturated rings. The summed E-state index contributed by atoms with van der Waals surface area (Å²) in [5, 5.41) is 6.55. The minimum absolute atomic E-state index is 0. The quantitative estimate of drug-likeness (QED) is 0.215. The van der Waals surface area contributed by atoms with Gasteiger partial charge in [-0.05, 0) is 37.5 Å². The summed E-state index contributed by atoms with van der Waals surface area (Å²) in [6, 6.07) is 7.94. The lowest BCUT2D eigenvalue weighted by Gasteiger charge is -2.11. The number of benzene rings is 1. The van der Waals surface area contributed by atoms with Crippen molar-refractivity contribution in [1.29, 1.82) is 0 Å². The summed E-state index contributed by atoms with van der Waals surface area (Å²) in [5.41, 5.74) is 1.15. The zero-order valence-electron chi connectivity index (χ0n) is 15.5. The largest absolute Gasteiger partial charge is 0.497 e. The lowest BCUT2D eigenvalue weighted by atomic mass is 10.2. The molecule has 0 spiro atoms. The Morgan fingerprint density at radius 1 is 1.04 bits per heavy atom. The van der Waals surface area contributed by atoms with Gasteiger partial charge in [-0.2, -0.15) is 0 Å². The molecule has 0 aromatic heterocycles. The van der Waals surface area contributed by atoms with E-state index in [4.69, 9.17) is 14.2 Å². The smallest absolute Gasteiger partial charge is 0.191 e. The van der Waals surface area contributed by atoms with Gasteiger partial charge in [0, 0.05) is 40.0 Å². The molecule has 0 bridgehead atoms. The SMILES string of the molecule is CCNC(=NCCCOC)NCCCOCc1ccc(OC)cc1.I. The van der Waals surface area contributed by atoms with Gasteiger partial charge in [-0.25, -0.2) is 0 Å². The lowest BCUT2D eigenvalue weighted by Crippen LogP contribution is -2.38. The molecule has 0 saturated carbocycles. The van der Waals surface area contributed by atoms with Crippen molar-refractivity contribution >= 4 is 29.9 Å². The number of guanidine groups is 1. The maximum atomic E-state index is 5.69. The summed E-state index contributed by atoms with van der Waals surface area (Å²) in [7, 11) is 3.38. The minimum atomic E-state index is 0. The summed E-state index contributed by atoms with van der Waals surface area (Å²) >= 11 is 0. The van der Waals surface area contributed by atoms with E-state index >= 15 is 0 Å². The Kier molecular flexibility index (Phi) is 15.7. The fourth-order valence-electron chi connectivity index (χ4n) is 2.03. The van der Waals surface area contributed by atoms with E-state index in [1.54, 1.807) is 14.2 Å². The molecule has 7 heteroatoms. The van der Waals surface area contributed by atoms with Crippen molar-refractivity contribution in [2.75, 3.05) is 47.1 Å². The van der Waals surface area contributed by atoms with E-state index in [1.807, 2.05) is 24.3 Å². The Morgan fingerprint density at radius 3 is 2.44 bits per heavy atom. The average Bonchev–Trinajstić information content (AvgIpc) is 2.62. The topological polar surface area (TPSA) is 64.1 Å². The third-order valence-electron chi connectivity index (χ3n) is 3.31. The van der Waals surface area contributed by atoms with Crippen LogP contribution in [0.1, 0.15) is 25.3 Å². The normalized spacial score (nSPS) is 10.9. The van der Waals surface area contributed by atoms with Gasteiger partial charge in [0.1, 0.15) is 5.75 Å². The molecule has 0 saturated heterocycles. The molecule has 0 aliphatic heterocycles. The van der Waals surface area contributed by atoms with Gasteiger partial charge in [0.15, 0.2) is 5.96 Å². The molecular weight excluding hydrogens is 433 g/mol. The molecule has 1 aromatic carbocycles. The molecule has 0 unspecified atom stereocenters. The van der Waals surface area contributed by atoms with E-state index in [-0.39, 0.29) is 24.0 Å². The van der Waals surface area contributed by atoms with Crippen LogP contribution in [0.5, 0.6) is 5.75 Å². The van der Waals surface area contributed by atoms with Crippen LogP contribution in [0.25, 0.3) is 0 Å². The highest BCUT2D eigenvalue weighted by Crippen LogP contribution is 2.11. The maximum Gasteiger partial charge on any atom is 0.191 e. The molecule has 0 aliphatic rings. The molecule has 0 atom stereocenters. The van der Waals surface area contributed by atoms with E-state index in [2.05, 4.69) is 22.5 Å². The van der Waals surface area contributed by atoms with Crippen LogP contribution in [0, 0.1) is 0 Å². The molecule has 1 rings (SSSR count). The third kappa shape index (κ3) is 12.0. The molecule has 0 heterocycles. The number of aliphatic imine (C=N–C) groups is 1. The lowest BCUT2D eigenvalue weighted by molar-refractivity contribution is 0.119. The number of rotatable bonds is 12. The van der Waals surface area contributed by atoms with Crippen molar-refractivity contribution in [3.8, 4) is 5.75 Å². The number of ether oxygens (including phenoxy) is 3. The van der Waals surface area contributed by atoms with Gasteiger partial charge in [-0.1, -0.05) is 12.1 Å². The first-order valence-corrected chi connectivity index (χ1v) is 8.52. The van der Waals surface area contributed by atoms with Gasteiger partial charge >= 0.3 is 0 Å². The van der Waals surface area contributed by atoms with Crippen molar-refractivity contribution in [3.63, 3.8) is 0 Å². The Balaban J connectivity index is 0.00000576. The predicted molar refractivity (Wildman–Crippen MR) is 113 cm³/mol. The van der Waals surface area contributed by atoms with E-state index in [9.17, 15) is 0 Å². The van der Waals surface area contributed by atoms with E-state index < -0.39 is 0 Å². The summed E-state index contributed by atoms with van der Waals surface area (Å²) < 4.78 is 15.9. The van der Waals surface area contributed by atoms with E-state index in [0.717, 1.165) is 56.4 Å². The van der Waals surface area contributed by atoms with Gasteiger partial charge < -0.3 is 24.8 Å². The van der Waals surface area contributed by atoms with Crippen LogP contribution in [0.4, 0.5) is 0 Å². The number of nitrogens with zero attached hydrogens (tertiary/aromatic N) is 1. The van der Waals surface area contributed by atoms with Crippen LogP contribution in [-0.4, -0.2) is 53.0 Å². The highest BCUT2D eigenvalue weighted by Gasteiger charge is 1.98. The van der Waals surface area contributed by atoms with Crippen molar-refractivity contribution in [3.05, 3.63) is 29.8 Å². The van der Waals surface area contributed by atoms with Gasteiger partial charge in [-0.3, -0.25) is 4.99 Å². The van der Waals surface area contributed by atoms with Crippen molar-refractivity contribution in [2.45, 2.75) is 26.4 Å². The summed E-state index contributed by atoms with van der Waals surface area (Å²) in [4.78, 5) is 4.49. The molecule has 25 heavy (non-hydrogen) atoms. The molecular formula is C18H32IN3O3. The molecule has 144 valence electrons. The number of hydrogen-bond acceptors (Lipinski definition) is 4. The Labute approximate surface area is 168 Å². The van der Waals surface area contributed by atoms with Crippen LogP contribution in [0.2, 0.25) is 0 Å². The molecule has 0 aliphatic carbocycles. The van der Waals surface area contributed by atoms with Crippen molar-refractivity contribution in [1.82, 2.24) is 10.6 Å².